The van der Waals surface area contributed by atoms with Crippen LogP contribution in [0.5, 0.6) is 0 Å². The molecule has 0 spiro atoms. The van der Waals surface area contributed by atoms with Crippen LogP contribution in [-0.4, -0.2) is 6.54 Å². The van der Waals surface area contributed by atoms with E-state index < -0.39 is 0 Å². The van der Waals surface area contributed by atoms with Gasteiger partial charge in [0.25, 0.3) is 0 Å². The maximum Gasteiger partial charge on any atom is 0.0920 e. The van der Waals surface area contributed by atoms with Crippen LogP contribution in [0.15, 0.2) is 5.18 Å². The standard InChI is InChI=1S/C4H5NO/c1-2-3-4-5-6/h1H,3-4H2. The van der Waals surface area contributed by atoms with Gasteiger partial charge in [0.15, 0.2) is 0 Å². The van der Waals surface area contributed by atoms with E-state index in [1.165, 1.54) is 0 Å². The van der Waals surface area contributed by atoms with Crippen LogP contribution in [-0.2, 0) is 0 Å². The van der Waals surface area contributed by atoms with Gasteiger partial charge in [-0.15, -0.1) is 12.3 Å². The fourth-order valence-electron chi connectivity index (χ4n) is 0.110. The van der Waals surface area contributed by atoms with E-state index >= 15 is 0 Å². The van der Waals surface area contributed by atoms with Crippen molar-refractivity contribution in [2.75, 3.05) is 6.54 Å². The molecule has 6 heavy (non-hydrogen) atoms. The number of nitrogens with zero attached hydrogens (tertiary/aromatic N) is 1. The van der Waals surface area contributed by atoms with E-state index in [1.807, 2.05) is 0 Å². The van der Waals surface area contributed by atoms with E-state index in [4.69, 9.17) is 6.42 Å². The van der Waals surface area contributed by atoms with Crippen molar-refractivity contribution < 1.29 is 0 Å². The maximum atomic E-state index is 9.22. The summed E-state index contributed by atoms with van der Waals surface area (Å²) in [6.07, 6.45) is 5.23. The Kier molecular flexibility index (Phi) is 3.58. The third kappa shape index (κ3) is 3.16. The van der Waals surface area contributed by atoms with Crippen molar-refractivity contribution in [3.8, 4) is 12.3 Å². The highest BCUT2D eigenvalue weighted by Crippen LogP contribution is 1.71. The topological polar surface area (TPSA) is 29.4 Å². The van der Waals surface area contributed by atoms with Crippen molar-refractivity contribution in [3.63, 3.8) is 0 Å². The molecule has 0 heterocycles. The van der Waals surface area contributed by atoms with Gasteiger partial charge in [0.2, 0.25) is 0 Å². The van der Waals surface area contributed by atoms with Crippen LogP contribution < -0.4 is 0 Å². The first-order valence-electron chi connectivity index (χ1n) is 1.64. The molecule has 0 aromatic heterocycles. The van der Waals surface area contributed by atoms with Crippen LogP contribution in [0.3, 0.4) is 0 Å². The summed E-state index contributed by atoms with van der Waals surface area (Å²) in [6.45, 7) is 0.247. The molecule has 0 bridgehead atoms. The second-order valence-corrected chi connectivity index (χ2v) is 0.807. The smallest absolute Gasteiger partial charge is 0.0920 e. The van der Waals surface area contributed by atoms with Crippen molar-refractivity contribution in [1.82, 2.24) is 0 Å². The van der Waals surface area contributed by atoms with Crippen LogP contribution in [0.25, 0.3) is 0 Å². The Bertz CT molecular complexity index is 72.1. The minimum absolute atomic E-state index is 0.247. The summed E-state index contributed by atoms with van der Waals surface area (Å²) in [5.41, 5.74) is 0. The maximum absolute atomic E-state index is 9.22. The van der Waals surface area contributed by atoms with Gasteiger partial charge in [-0.05, 0) is 0 Å². The largest absolute Gasteiger partial charge is 0.151 e. The van der Waals surface area contributed by atoms with E-state index in [-0.39, 0.29) is 6.54 Å². The number of terminal acetylenes is 1. The predicted molar refractivity (Wildman–Crippen MR) is 24.1 cm³/mol. The molecule has 2 nitrogen and oxygen atoms in total. The summed E-state index contributed by atoms with van der Waals surface area (Å²) in [4.78, 5) is 9.22. The summed E-state index contributed by atoms with van der Waals surface area (Å²) in [5, 5.41) is 2.53. The van der Waals surface area contributed by atoms with Crippen LogP contribution >= 0.6 is 0 Å². The second kappa shape index (κ2) is 4.16. The fraction of sp³-hybridized carbons (Fsp3) is 0.500. The fourth-order valence-corrected chi connectivity index (χ4v) is 0.110. The molecule has 0 aromatic rings. The molecule has 0 rings (SSSR count). The van der Waals surface area contributed by atoms with Crippen LogP contribution in [0, 0.1) is 17.3 Å². The Hall–Kier alpha value is -0.840. The highest BCUT2D eigenvalue weighted by molar-refractivity contribution is 4.83. The second-order valence-electron chi connectivity index (χ2n) is 0.807. The molecule has 0 aliphatic heterocycles. The van der Waals surface area contributed by atoms with Gasteiger partial charge in [0, 0.05) is 6.42 Å². The molecule has 0 N–H and O–H groups in total. The van der Waals surface area contributed by atoms with Crippen LogP contribution in [0.4, 0.5) is 0 Å². The highest BCUT2D eigenvalue weighted by atomic mass is 16.3. The van der Waals surface area contributed by atoms with Gasteiger partial charge in [-0.1, -0.05) is 5.18 Å². The third-order valence-electron chi connectivity index (χ3n) is 0.347. The van der Waals surface area contributed by atoms with E-state index in [2.05, 4.69) is 11.1 Å². The molecule has 0 aromatic carbocycles. The zero-order valence-corrected chi connectivity index (χ0v) is 3.35. The summed E-state index contributed by atoms with van der Waals surface area (Å²) >= 11 is 0. The van der Waals surface area contributed by atoms with Gasteiger partial charge in [-0.3, -0.25) is 0 Å². The molecule has 0 amide bonds. The van der Waals surface area contributed by atoms with Crippen molar-refractivity contribution >= 4 is 0 Å². The zero-order valence-electron chi connectivity index (χ0n) is 3.35. The van der Waals surface area contributed by atoms with Gasteiger partial charge >= 0.3 is 0 Å². The van der Waals surface area contributed by atoms with Crippen molar-refractivity contribution in [1.29, 1.82) is 0 Å². The van der Waals surface area contributed by atoms with E-state index in [1.54, 1.807) is 0 Å². The lowest BCUT2D eigenvalue weighted by atomic mass is 10.5. The molecule has 0 saturated carbocycles. The van der Waals surface area contributed by atoms with Gasteiger partial charge in [-0.2, -0.15) is 4.91 Å². The van der Waals surface area contributed by atoms with Crippen molar-refractivity contribution in [3.05, 3.63) is 4.91 Å². The van der Waals surface area contributed by atoms with Gasteiger partial charge < -0.3 is 0 Å². The molecule has 0 saturated heterocycles. The lowest BCUT2D eigenvalue weighted by molar-refractivity contribution is 1.02. The van der Waals surface area contributed by atoms with E-state index in [0.29, 0.717) is 6.42 Å². The predicted octanol–water partition coefficient (Wildman–Crippen LogP) is 0.776. The average Bonchev–Trinajstić information content (AvgIpc) is 1.61. The lowest BCUT2D eigenvalue weighted by Crippen LogP contribution is -1.69. The normalized spacial score (nSPS) is 6.50. The summed E-state index contributed by atoms with van der Waals surface area (Å²) < 4.78 is 0. The van der Waals surface area contributed by atoms with Crippen LogP contribution in [0.2, 0.25) is 0 Å². The highest BCUT2D eigenvalue weighted by Gasteiger charge is 1.71. The Morgan fingerprint density at radius 2 is 2.50 bits per heavy atom. The van der Waals surface area contributed by atoms with Gasteiger partial charge in [-0.25, -0.2) is 0 Å². The number of rotatable bonds is 2. The molecular weight excluding hydrogens is 78.0 g/mol. The zero-order chi connectivity index (χ0) is 4.83. The number of hydrogen-bond acceptors (Lipinski definition) is 2. The molecule has 32 valence electrons. The SMILES string of the molecule is C#CCCN=O. The molecule has 0 aliphatic rings. The third-order valence-corrected chi connectivity index (χ3v) is 0.347. The molecule has 0 radical (unpaired) electrons. The molecular formula is C4H5NO. The summed E-state index contributed by atoms with van der Waals surface area (Å²) in [7, 11) is 0. The quantitative estimate of drug-likeness (QED) is 0.275. The Labute approximate surface area is 36.5 Å². The minimum atomic E-state index is 0.247. The first kappa shape index (κ1) is 5.16. The number of hydrogen-bond donors (Lipinski definition) is 0. The Morgan fingerprint density at radius 1 is 1.83 bits per heavy atom. The molecule has 0 fully saturated rings. The van der Waals surface area contributed by atoms with Gasteiger partial charge in [0.1, 0.15) is 0 Å². The van der Waals surface area contributed by atoms with Crippen molar-refractivity contribution in [2.45, 2.75) is 6.42 Å². The molecule has 0 unspecified atom stereocenters. The monoisotopic (exact) mass is 83.0 g/mol. The number of nitroso groups, excluding NO2 is 1. The van der Waals surface area contributed by atoms with Crippen molar-refractivity contribution in [2.24, 2.45) is 5.18 Å². The average molecular weight is 83.1 g/mol. The first-order chi connectivity index (χ1) is 2.91. The van der Waals surface area contributed by atoms with Crippen LogP contribution in [0.1, 0.15) is 6.42 Å². The Morgan fingerprint density at radius 3 is 2.67 bits per heavy atom. The minimum Gasteiger partial charge on any atom is -0.151 e. The summed E-state index contributed by atoms with van der Waals surface area (Å²) in [5.74, 6) is 2.27. The van der Waals surface area contributed by atoms with Gasteiger partial charge in [0.05, 0.1) is 6.54 Å². The summed E-state index contributed by atoms with van der Waals surface area (Å²) in [6, 6.07) is 0. The molecule has 2 heteroatoms. The Balaban J connectivity index is 2.72. The van der Waals surface area contributed by atoms with E-state index in [9.17, 15) is 4.91 Å². The molecule has 0 atom stereocenters. The first-order valence-corrected chi connectivity index (χ1v) is 1.64. The lowest BCUT2D eigenvalue weighted by Gasteiger charge is -1.69. The van der Waals surface area contributed by atoms with E-state index in [0.717, 1.165) is 0 Å². The molecule has 0 aliphatic carbocycles.